The van der Waals surface area contributed by atoms with Crippen LogP contribution < -0.4 is 0 Å². The number of aliphatic hydroxyl groups excluding tert-OH is 1. The first-order valence-corrected chi connectivity index (χ1v) is 11.7. The van der Waals surface area contributed by atoms with E-state index < -0.39 is 17.7 Å². The molecule has 1 atom stereocenters. The average Bonchev–Trinajstić information content (AvgIpc) is 3.35. The molecule has 1 unspecified atom stereocenters. The van der Waals surface area contributed by atoms with Crippen molar-refractivity contribution in [1.29, 1.82) is 0 Å². The van der Waals surface area contributed by atoms with Gasteiger partial charge in [0.1, 0.15) is 11.5 Å². The number of aryl methyl sites for hydroxylation is 1. The summed E-state index contributed by atoms with van der Waals surface area (Å²) in [5.41, 5.74) is 2.80. The maximum atomic E-state index is 13.3. The first-order chi connectivity index (χ1) is 15.6. The van der Waals surface area contributed by atoms with E-state index >= 15 is 0 Å². The number of amides is 1. The van der Waals surface area contributed by atoms with Crippen LogP contribution in [0.3, 0.4) is 0 Å². The topological polar surface area (TPSA) is 77.8 Å². The van der Waals surface area contributed by atoms with E-state index in [1.54, 1.807) is 12.1 Å². The van der Waals surface area contributed by atoms with E-state index in [4.69, 9.17) is 0 Å². The Morgan fingerprint density at radius 3 is 2.45 bits per heavy atom. The quantitative estimate of drug-likeness (QED) is 0.298. The number of rotatable bonds is 4. The van der Waals surface area contributed by atoms with Crippen LogP contribution in [0.25, 0.3) is 5.76 Å². The molecule has 4 rings (SSSR count). The molecule has 33 heavy (non-hydrogen) atoms. The molecule has 1 saturated heterocycles. The Bertz CT molecular complexity index is 1250. The molecule has 0 saturated carbocycles. The van der Waals surface area contributed by atoms with Crippen molar-refractivity contribution in [3.63, 3.8) is 0 Å². The van der Waals surface area contributed by atoms with Crippen molar-refractivity contribution in [2.75, 3.05) is 0 Å². The fourth-order valence-corrected chi connectivity index (χ4v) is 4.85. The zero-order valence-electron chi connectivity index (χ0n) is 19.1. The van der Waals surface area contributed by atoms with Crippen LogP contribution in [0.2, 0.25) is 0 Å². The number of carbonyl (C=O) groups excluding carboxylic acids is 2. The predicted octanol–water partition coefficient (Wildman–Crippen LogP) is 5.68. The Morgan fingerprint density at radius 2 is 1.82 bits per heavy atom. The fraction of sp³-hybridized carbons (Fsp3) is 0.259. The SMILES string of the molecule is Cc1ccc(C(C)(C)C)cc1/C(O)=C1\C(=O)C(=O)N(Cc2cccs2)C1c1cccc(O)c1. The summed E-state index contributed by atoms with van der Waals surface area (Å²) in [4.78, 5) is 28.8. The van der Waals surface area contributed by atoms with E-state index in [-0.39, 0.29) is 29.0 Å². The number of likely N-dealkylation sites (tertiary alicyclic amines) is 1. The van der Waals surface area contributed by atoms with Crippen molar-refractivity contribution in [2.24, 2.45) is 0 Å². The smallest absolute Gasteiger partial charge is 0.295 e. The lowest BCUT2D eigenvalue weighted by atomic mass is 9.84. The Hall–Kier alpha value is -3.38. The van der Waals surface area contributed by atoms with E-state index in [9.17, 15) is 19.8 Å². The first kappa shape index (κ1) is 22.8. The molecule has 0 aliphatic carbocycles. The molecule has 0 spiro atoms. The van der Waals surface area contributed by atoms with Gasteiger partial charge in [0, 0.05) is 10.4 Å². The molecule has 1 amide bonds. The van der Waals surface area contributed by atoms with Crippen molar-refractivity contribution < 1.29 is 19.8 Å². The number of nitrogens with zero attached hydrogens (tertiary/aromatic N) is 1. The molecule has 2 heterocycles. The second-order valence-electron chi connectivity index (χ2n) is 9.38. The van der Waals surface area contributed by atoms with Gasteiger partial charge in [0.15, 0.2) is 0 Å². The van der Waals surface area contributed by atoms with Crippen LogP contribution in [0.15, 0.2) is 65.6 Å². The highest BCUT2D eigenvalue weighted by Gasteiger charge is 2.46. The molecule has 6 heteroatoms. The zero-order chi connectivity index (χ0) is 23.9. The highest BCUT2D eigenvalue weighted by atomic mass is 32.1. The highest BCUT2D eigenvalue weighted by Crippen LogP contribution is 2.42. The van der Waals surface area contributed by atoms with Crippen LogP contribution in [-0.2, 0) is 21.5 Å². The lowest BCUT2D eigenvalue weighted by molar-refractivity contribution is -0.140. The molecule has 0 radical (unpaired) electrons. The van der Waals surface area contributed by atoms with Gasteiger partial charge in [-0.05, 0) is 58.7 Å². The van der Waals surface area contributed by atoms with Crippen molar-refractivity contribution in [2.45, 2.75) is 45.7 Å². The summed E-state index contributed by atoms with van der Waals surface area (Å²) in [6.45, 7) is 8.34. The lowest BCUT2D eigenvalue weighted by Crippen LogP contribution is -2.28. The number of phenolic OH excluding ortho intramolecular Hbond substituents is 1. The molecule has 0 bridgehead atoms. The van der Waals surface area contributed by atoms with Gasteiger partial charge in [-0.15, -0.1) is 11.3 Å². The normalized spacial score (nSPS) is 18.2. The fourth-order valence-electron chi connectivity index (χ4n) is 4.14. The molecular weight excluding hydrogens is 434 g/mol. The largest absolute Gasteiger partial charge is 0.508 e. The van der Waals surface area contributed by atoms with Gasteiger partial charge in [0.25, 0.3) is 11.7 Å². The zero-order valence-corrected chi connectivity index (χ0v) is 19.9. The summed E-state index contributed by atoms with van der Waals surface area (Å²) in [6, 6.07) is 15.3. The van der Waals surface area contributed by atoms with Crippen LogP contribution in [0.5, 0.6) is 5.75 Å². The average molecular weight is 462 g/mol. The second kappa shape index (κ2) is 8.52. The second-order valence-corrected chi connectivity index (χ2v) is 10.4. The van der Waals surface area contributed by atoms with Crippen molar-refractivity contribution >= 4 is 28.8 Å². The lowest BCUT2D eigenvalue weighted by Gasteiger charge is -2.25. The van der Waals surface area contributed by atoms with Gasteiger partial charge in [0.05, 0.1) is 18.2 Å². The van der Waals surface area contributed by atoms with Crippen molar-refractivity contribution in [3.05, 3.63) is 92.7 Å². The first-order valence-electron chi connectivity index (χ1n) is 10.8. The number of benzene rings is 2. The third kappa shape index (κ3) is 4.31. The third-order valence-corrected chi connectivity index (χ3v) is 6.85. The van der Waals surface area contributed by atoms with E-state index in [0.29, 0.717) is 11.1 Å². The maximum Gasteiger partial charge on any atom is 0.295 e. The van der Waals surface area contributed by atoms with E-state index in [2.05, 4.69) is 20.8 Å². The molecule has 3 aromatic rings. The number of aromatic hydroxyl groups is 1. The number of aliphatic hydroxyl groups is 1. The summed E-state index contributed by atoms with van der Waals surface area (Å²) < 4.78 is 0. The maximum absolute atomic E-state index is 13.3. The summed E-state index contributed by atoms with van der Waals surface area (Å²) in [5, 5.41) is 23.5. The van der Waals surface area contributed by atoms with E-state index in [0.717, 1.165) is 16.0 Å². The molecule has 1 fully saturated rings. The van der Waals surface area contributed by atoms with Crippen LogP contribution in [0.4, 0.5) is 0 Å². The Kier molecular flexibility index (Phi) is 5.89. The summed E-state index contributed by atoms with van der Waals surface area (Å²) >= 11 is 1.49. The molecule has 1 aliphatic rings. The molecule has 1 aliphatic heterocycles. The third-order valence-electron chi connectivity index (χ3n) is 5.99. The molecule has 170 valence electrons. The van der Waals surface area contributed by atoms with Gasteiger partial charge in [-0.3, -0.25) is 9.59 Å². The van der Waals surface area contributed by atoms with Crippen molar-refractivity contribution in [1.82, 2.24) is 4.90 Å². The highest BCUT2D eigenvalue weighted by molar-refractivity contribution is 7.09. The van der Waals surface area contributed by atoms with Crippen molar-refractivity contribution in [3.8, 4) is 5.75 Å². The number of ketones is 1. The van der Waals surface area contributed by atoms with Crippen LogP contribution in [-0.4, -0.2) is 26.8 Å². The minimum absolute atomic E-state index is 0.0279. The van der Waals surface area contributed by atoms with E-state index in [1.807, 2.05) is 42.6 Å². The minimum atomic E-state index is -0.808. The monoisotopic (exact) mass is 461 g/mol. The van der Waals surface area contributed by atoms with E-state index in [1.165, 1.54) is 28.4 Å². The number of carbonyl (C=O) groups is 2. The van der Waals surface area contributed by atoms with Gasteiger partial charge in [-0.1, -0.05) is 51.1 Å². The molecule has 1 aromatic heterocycles. The molecular formula is C27H27NO4S. The minimum Gasteiger partial charge on any atom is -0.508 e. The van der Waals surface area contributed by atoms with Gasteiger partial charge in [-0.25, -0.2) is 0 Å². The van der Waals surface area contributed by atoms with Gasteiger partial charge in [-0.2, -0.15) is 0 Å². The Balaban J connectivity index is 1.92. The van der Waals surface area contributed by atoms with Gasteiger partial charge < -0.3 is 15.1 Å². The van der Waals surface area contributed by atoms with Gasteiger partial charge in [0.2, 0.25) is 0 Å². The number of thiophene rings is 1. The number of hydrogen-bond acceptors (Lipinski definition) is 5. The standard InChI is InChI=1S/C27H27NO4S/c1-16-10-11-18(27(2,3)4)14-21(16)24(30)22-23(17-7-5-8-19(29)13-17)28(26(32)25(22)31)15-20-9-6-12-33-20/h5-14,23,29-30H,15H2,1-4H3/b24-22+. The molecule has 2 aromatic carbocycles. The van der Waals surface area contributed by atoms with Crippen LogP contribution in [0, 0.1) is 6.92 Å². The van der Waals surface area contributed by atoms with Crippen LogP contribution >= 0.6 is 11.3 Å². The summed E-state index contributed by atoms with van der Waals surface area (Å²) in [5.74, 6) is -1.56. The number of hydrogen-bond donors (Lipinski definition) is 2. The Morgan fingerprint density at radius 1 is 1.06 bits per heavy atom. The predicted molar refractivity (Wildman–Crippen MR) is 130 cm³/mol. The van der Waals surface area contributed by atoms with Gasteiger partial charge >= 0.3 is 0 Å². The molecule has 2 N–H and O–H groups in total. The Labute approximate surface area is 197 Å². The molecule has 5 nitrogen and oxygen atoms in total. The number of phenols is 1. The number of Topliss-reactive ketones (excluding diaryl/α,β-unsaturated/α-hetero) is 1. The summed E-state index contributed by atoms with van der Waals surface area (Å²) in [7, 11) is 0. The summed E-state index contributed by atoms with van der Waals surface area (Å²) in [6.07, 6.45) is 0. The van der Waals surface area contributed by atoms with Crippen LogP contribution in [0.1, 0.15) is 53.9 Å².